The van der Waals surface area contributed by atoms with Crippen molar-refractivity contribution < 1.29 is 22.7 Å². The molecule has 0 heterocycles. The molecule has 0 spiro atoms. The Bertz CT molecular complexity index is 923. The highest BCUT2D eigenvalue weighted by atomic mass is 32.2. The minimum absolute atomic E-state index is 0.118. The largest absolute Gasteiger partial charge is 0.497 e. The lowest BCUT2D eigenvalue weighted by atomic mass is 10.1. The fourth-order valence-electron chi connectivity index (χ4n) is 2.92. The summed E-state index contributed by atoms with van der Waals surface area (Å²) in [4.78, 5) is 12.6. The number of nitrogens with zero attached hydrogens (tertiary/aromatic N) is 1. The lowest BCUT2D eigenvalue weighted by molar-refractivity contribution is -0.116. The van der Waals surface area contributed by atoms with Crippen molar-refractivity contribution >= 4 is 21.6 Å². The minimum atomic E-state index is -3.63. The molecule has 0 aliphatic rings. The summed E-state index contributed by atoms with van der Waals surface area (Å²) in [5.74, 6) is 0.937. The summed E-state index contributed by atoms with van der Waals surface area (Å²) < 4.78 is 37.3. The lowest BCUT2D eigenvalue weighted by Crippen LogP contribution is -2.30. The zero-order chi connectivity index (χ0) is 21.4. The van der Waals surface area contributed by atoms with Gasteiger partial charge in [-0.3, -0.25) is 4.79 Å². The van der Waals surface area contributed by atoms with Crippen LogP contribution in [0.2, 0.25) is 0 Å². The van der Waals surface area contributed by atoms with E-state index in [0.29, 0.717) is 30.9 Å². The van der Waals surface area contributed by atoms with Crippen LogP contribution >= 0.6 is 0 Å². The van der Waals surface area contributed by atoms with E-state index in [9.17, 15) is 13.2 Å². The lowest BCUT2D eigenvalue weighted by Gasteiger charge is -2.19. The zero-order valence-corrected chi connectivity index (χ0v) is 18.1. The van der Waals surface area contributed by atoms with Crippen molar-refractivity contribution in [1.82, 2.24) is 4.31 Å². The van der Waals surface area contributed by atoms with E-state index in [2.05, 4.69) is 5.32 Å². The van der Waals surface area contributed by atoms with Gasteiger partial charge in [0.25, 0.3) is 0 Å². The Morgan fingerprint density at radius 3 is 2.21 bits per heavy atom. The molecule has 158 valence electrons. The van der Waals surface area contributed by atoms with Crippen LogP contribution in [0.15, 0.2) is 47.4 Å². The van der Waals surface area contributed by atoms with Crippen LogP contribution in [0.5, 0.6) is 11.5 Å². The maximum absolute atomic E-state index is 12.8. The number of sulfonamides is 1. The van der Waals surface area contributed by atoms with Crippen LogP contribution in [-0.4, -0.2) is 45.9 Å². The van der Waals surface area contributed by atoms with Crippen molar-refractivity contribution in [3.8, 4) is 11.5 Å². The topological polar surface area (TPSA) is 84.9 Å². The van der Waals surface area contributed by atoms with E-state index in [0.717, 1.165) is 11.3 Å². The van der Waals surface area contributed by atoms with E-state index in [1.54, 1.807) is 27.0 Å². The average Bonchev–Trinajstić information content (AvgIpc) is 2.73. The first-order valence-corrected chi connectivity index (χ1v) is 10.9. The number of anilines is 1. The number of amides is 1. The molecule has 2 rings (SSSR count). The molecule has 0 saturated heterocycles. The van der Waals surface area contributed by atoms with Crippen molar-refractivity contribution in [2.24, 2.45) is 0 Å². The van der Waals surface area contributed by atoms with E-state index >= 15 is 0 Å². The predicted octanol–water partition coefficient (Wildman–Crippen LogP) is 3.31. The first kappa shape index (κ1) is 22.7. The number of carbonyl (C=O) groups excluding carboxylic acids is 1. The monoisotopic (exact) mass is 420 g/mol. The molecule has 0 atom stereocenters. The molecule has 1 amide bonds. The molecule has 0 aromatic heterocycles. The van der Waals surface area contributed by atoms with Crippen LogP contribution in [0.4, 0.5) is 5.69 Å². The second kappa shape index (κ2) is 10.3. The molecule has 29 heavy (non-hydrogen) atoms. The summed E-state index contributed by atoms with van der Waals surface area (Å²) in [6, 6.07) is 12.0. The number of carbonyl (C=O) groups is 1. The Balaban J connectivity index is 2.14. The fraction of sp³-hybridized carbons (Fsp3) is 0.381. The van der Waals surface area contributed by atoms with Gasteiger partial charge in [-0.05, 0) is 42.3 Å². The van der Waals surface area contributed by atoms with E-state index in [-0.39, 0.29) is 17.2 Å². The van der Waals surface area contributed by atoms with Crippen LogP contribution < -0.4 is 14.8 Å². The van der Waals surface area contributed by atoms with Gasteiger partial charge in [0, 0.05) is 19.5 Å². The molecule has 1 N–H and O–H groups in total. The number of nitrogens with one attached hydrogen (secondary N) is 1. The molecule has 0 fully saturated rings. The Morgan fingerprint density at radius 2 is 1.66 bits per heavy atom. The smallest absolute Gasteiger partial charge is 0.243 e. The van der Waals surface area contributed by atoms with Crippen LogP contribution in [0.25, 0.3) is 0 Å². The maximum Gasteiger partial charge on any atom is 0.243 e. The SMILES string of the molecule is CCN(CC)S(=O)(=O)c1ccc(OC)c(NC(=O)CCc2ccc(OC)cc2)c1. The van der Waals surface area contributed by atoms with Crippen molar-refractivity contribution in [1.29, 1.82) is 0 Å². The summed E-state index contributed by atoms with van der Waals surface area (Å²) in [6.45, 7) is 4.31. The molecule has 0 saturated carbocycles. The van der Waals surface area contributed by atoms with E-state index < -0.39 is 10.0 Å². The first-order chi connectivity index (χ1) is 13.8. The van der Waals surface area contributed by atoms with Gasteiger partial charge in [-0.2, -0.15) is 4.31 Å². The second-order valence-corrected chi connectivity index (χ2v) is 8.29. The number of aryl methyl sites for hydroxylation is 1. The number of methoxy groups -OCH3 is 2. The second-order valence-electron chi connectivity index (χ2n) is 6.35. The fourth-order valence-corrected chi connectivity index (χ4v) is 4.41. The highest BCUT2D eigenvalue weighted by Crippen LogP contribution is 2.29. The summed E-state index contributed by atoms with van der Waals surface area (Å²) >= 11 is 0. The van der Waals surface area contributed by atoms with Gasteiger partial charge in [0.15, 0.2) is 0 Å². The van der Waals surface area contributed by atoms with Gasteiger partial charge in [-0.15, -0.1) is 0 Å². The average molecular weight is 421 g/mol. The molecular weight excluding hydrogens is 392 g/mol. The number of benzene rings is 2. The molecule has 0 radical (unpaired) electrons. The molecule has 2 aromatic rings. The standard InChI is InChI=1S/C21H28N2O5S/c1-5-23(6-2)29(25,26)18-12-13-20(28-4)19(15-18)22-21(24)14-9-16-7-10-17(27-3)11-8-16/h7-8,10-13,15H,5-6,9,14H2,1-4H3,(H,22,24). The van der Waals surface area contributed by atoms with Gasteiger partial charge >= 0.3 is 0 Å². The van der Waals surface area contributed by atoms with Gasteiger partial charge in [-0.25, -0.2) is 8.42 Å². The van der Waals surface area contributed by atoms with Gasteiger partial charge in [0.1, 0.15) is 11.5 Å². The number of ether oxygens (including phenoxy) is 2. The highest BCUT2D eigenvalue weighted by Gasteiger charge is 2.23. The van der Waals surface area contributed by atoms with Crippen molar-refractivity contribution in [2.75, 3.05) is 32.6 Å². The summed E-state index contributed by atoms with van der Waals surface area (Å²) in [5.41, 5.74) is 1.34. The van der Waals surface area contributed by atoms with Gasteiger partial charge in [-0.1, -0.05) is 26.0 Å². The van der Waals surface area contributed by atoms with Crippen LogP contribution in [0, 0.1) is 0 Å². The van der Waals surface area contributed by atoms with Gasteiger partial charge in [0.05, 0.1) is 24.8 Å². The third-order valence-electron chi connectivity index (χ3n) is 4.59. The quantitative estimate of drug-likeness (QED) is 0.637. The summed E-state index contributed by atoms with van der Waals surface area (Å²) in [6.07, 6.45) is 0.804. The first-order valence-electron chi connectivity index (χ1n) is 9.46. The number of hydrogen-bond donors (Lipinski definition) is 1. The molecular formula is C21H28N2O5S. The van der Waals surface area contributed by atoms with Crippen LogP contribution in [-0.2, 0) is 21.2 Å². The Morgan fingerprint density at radius 1 is 1.00 bits per heavy atom. The number of hydrogen-bond acceptors (Lipinski definition) is 5. The van der Waals surface area contributed by atoms with Crippen LogP contribution in [0.3, 0.4) is 0 Å². The molecule has 0 unspecified atom stereocenters. The van der Waals surface area contributed by atoms with Gasteiger partial charge < -0.3 is 14.8 Å². The van der Waals surface area contributed by atoms with Gasteiger partial charge in [0.2, 0.25) is 15.9 Å². The zero-order valence-electron chi connectivity index (χ0n) is 17.3. The summed E-state index contributed by atoms with van der Waals surface area (Å²) in [5, 5.41) is 2.77. The van der Waals surface area contributed by atoms with E-state index in [1.807, 2.05) is 24.3 Å². The van der Waals surface area contributed by atoms with E-state index in [1.165, 1.54) is 23.5 Å². The third kappa shape index (κ3) is 5.71. The molecule has 0 aliphatic carbocycles. The van der Waals surface area contributed by atoms with E-state index in [4.69, 9.17) is 9.47 Å². The normalized spacial score (nSPS) is 11.3. The molecule has 0 bridgehead atoms. The third-order valence-corrected chi connectivity index (χ3v) is 6.63. The molecule has 7 nitrogen and oxygen atoms in total. The molecule has 2 aromatic carbocycles. The van der Waals surface area contributed by atoms with Crippen molar-refractivity contribution in [3.63, 3.8) is 0 Å². The minimum Gasteiger partial charge on any atom is -0.497 e. The van der Waals surface area contributed by atoms with Crippen molar-refractivity contribution in [3.05, 3.63) is 48.0 Å². The maximum atomic E-state index is 12.8. The Labute approximate surface area is 172 Å². The van der Waals surface area contributed by atoms with Crippen LogP contribution in [0.1, 0.15) is 25.8 Å². The Hall–Kier alpha value is -2.58. The molecule has 8 heteroatoms. The highest BCUT2D eigenvalue weighted by molar-refractivity contribution is 7.89. The number of rotatable bonds is 10. The predicted molar refractivity (Wildman–Crippen MR) is 113 cm³/mol. The molecule has 0 aliphatic heterocycles. The summed E-state index contributed by atoms with van der Waals surface area (Å²) in [7, 11) is -0.557. The van der Waals surface area contributed by atoms with Crippen molar-refractivity contribution in [2.45, 2.75) is 31.6 Å². The Kier molecular flexibility index (Phi) is 8.04.